The van der Waals surface area contributed by atoms with Crippen molar-refractivity contribution >= 4 is 5.96 Å². The van der Waals surface area contributed by atoms with E-state index in [9.17, 15) is 0 Å². The van der Waals surface area contributed by atoms with Crippen molar-refractivity contribution in [3.63, 3.8) is 0 Å². The van der Waals surface area contributed by atoms with Gasteiger partial charge >= 0.3 is 0 Å². The number of rotatable bonds is 5. The molecule has 0 aromatic rings. The molecule has 4 nitrogen and oxygen atoms in total. The van der Waals surface area contributed by atoms with Crippen molar-refractivity contribution < 1.29 is 0 Å². The van der Waals surface area contributed by atoms with Crippen LogP contribution in [0.5, 0.6) is 0 Å². The molecule has 0 spiro atoms. The number of nitrogens with zero attached hydrogens (tertiary/aromatic N) is 2. The molecule has 3 aliphatic rings. The smallest absolute Gasteiger partial charge is 0.191 e. The second kappa shape index (κ2) is 5.47. The molecule has 3 fully saturated rings. The largest absolute Gasteiger partial charge is 0.357 e. The van der Waals surface area contributed by atoms with Crippen molar-refractivity contribution in [1.82, 2.24) is 15.5 Å². The van der Waals surface area contributed by atoms with Crippen LogP contribution in [-0.2, 0) is 0 Å². The zero-order valence-corrected chi connectivity index (χ0v) is 11.5. The van der Waals surface area contributed by atoms with E-state index in [0.717, 1.165) is 31.0 Å². The fraction of sp³-hybridized carbons (Fsp3) is 0.929. The van der Waals surface area contributed by atoms with Crippen LogP contribution in [0, 0.1) is 5.92 Å². The van der Waals surface area contributed by atoms with Crippen molar-refractivity contribution in [2.75, 3.05) is 26.2 Å². The molecule has 0 bridgehead atoms. The second-order valence-electron chi connectivity index (χ2n) is 6.02. The first-order chi connectivity index (χ1) is 8.85. The molecule has 0 radical (unpaired) electrons. The predicted molar refractivity (Wildman–Crippen MR) is 74.8 cm³/mol. The number of guanidine groups is 1. The Labute approximate surface area is 110 Å². The number of hydrogen-bond donors (Lipinski definition) is 2. The number of likely N-dealkylation sites (tertiary alicyclic amines) is 1. The van der Waals surface area contributed by atoms with Gasteiger partial charge in [-0.3, -0.25) is 9.89 Å². The minimum Gasteiger partial charge on any atom is -0.357 e. The molecule has 1 aliphatic heterocycles. The van der Waals surface area contributed by atoms with Crippen LogP contribution in [0.25, 0.3) is 0 Å². The van der Waals surface area contributed by atoms with Crippen molar-refractivity contribution in [3.05, 3.63) is 0 Å². The first-order valence-corrected chi connectivity index (χ1v) is 7.64. The highest BCUT2D eigenvalue weighted by molar-refractivity contribution is 5.80. The maximum Gasteiger partial charge on any atom is 0.191 e. The molecule has 2 N–H and O–H groups in total. The zero-order valence-electron chi connectivity index (χ0n) is 11.5. The Balaban J connectivity index is 1.46. The third-order valence-electron chi connectivity index (χ3n) is 4.17. The summed E-state index contributed by atoms with van der Waals surface area (Å²) in [7, 11) is 0. The number of hydrogen-bond acceptors (Lipinski definition) is 2. The normalized spacial score (nSPS) is 29.6. The molecule has 1 atom stereocenters. The van der Waals surface area contributed by atoms with E-state index in [1.54, 1.807) is 0 Å². The maximum absolute atomic E-state index is 4.70. The first-order valence-electron chi connectivity index (χ1n) is 7.64. The Kier molecular flexibility index (Phi) is 3.73. The van der Waals surface area contributed by atoms with Gasteiger partial charge in [-0.1, -0.05) is 0 Å². The molecular formula is C14H26N4. The second-order valence-corrected chi connectivity index (χ2v) is 6.02. The summed E-state index contributed by atoms with van der Waals surface area (Å²) >= 11 is 0. The molecule has 0 aromatic heterocycles. The standard InChI is InChI=1S/C14H26N4/c1-2-15-14(16-9-11-3-4-11)17-12-7-8-18(10-12)13-5-6-13/h11-13H,2-10H2,1H3,(H2,15,16,17). The molecule has 0 amide bonds. The lowest BCUT2D eigenvalue weighted by atomic mass is 10.3. The highest BCUT2D eigenvalue weighted by Gasteiger charge is 2.34. The molecule has 102 valence electrons. The van der Waals surface area contributed by atoms with Gasteiger partial charge in [-0.2, -0.15) is 0 Å². The van der Waals surface area contributed by atoms with Gasteiger partial charge in [0, 0.05) is 38.3 Å². The van der Waals surface area contributed by atoms with Gasteiger partial charge in [0.25, 0.3) is 0 Å². The van der Waals surface area contributed by atoms with Crippen LogP contribution in [-0.4, -0.2) is 49.1 Å². The van der Waals surface area contributed by atoms with Gasteiger partial charge in [-0.15, -0.1) is 0 Å². The summed E-state index contributed by atoms with van der Waals surface area (Å²) < 4.78 is 0. The van der Waals surface area contributed by atoms with Gasteiger partial charge in [0.2, 0.25) is 0 Å². The molecule has 0 aromatic carbocycles. The van der Waals surface area contributed by atoms with E-state index < -0.39 is 0 Å². The summed E-state index contributed by atoms with van der Waals surface area (Å²) in [6.07, 6.45) is 6.86. The van der Waals surface area contributed by atoms with Crippen molar-refractivity contribution in [3.8, 4) is 0 Å². The van der Waals surface area contributed by atoms with Gasteiger partial charge < -0.3 is 10.6 Å². The van der Waals surface area contributed by atoms with E-state index in [1.807, 2.05) is 0 Å². The summed E-state index contributed by atoms with van der Waals surface area (Å²) in [5, 5.41) is 6.98. The topological polar surface area (TPSA) is 39.7 Å². The number of aliphatic imine (C=N–C) groups is 1. The van der Waals surface area contributed by atoms with Crippen molar-refractivity contribution in [1.29, 1.82) is 0 Å². The molecule has 1 unspecified atom stereocenters. The van der Waals surface area contributed by atoms with Gasteiger partial charge in [-0.05, 0) is 44.9 Å². The van der Waals surface area contributed by atoms with E-state index in [4.69, 9.17) is 4.99 Å². The van der Waals surface area contributed by atoms with E-state index in [2.05, 4.69) is 22.5 Å². The average Bonchev–Trinajstić information content (AvgIpc) is 3.27. The van der Waals surface area contributed by atoms with Crippen LogP contribution < -0.4 is 10.6 Å². The summed E-state index contributed by atoms with van der Waals surface area (Å²) in [6, 6.07) is 1.50. The Morgan fingerprint density at radius 2 is 2.06 bits per heavy atom. The molecule has 18 heavy (non-hydrogen) atoms. The summed E-state index contributed by atoms with van der Waals surface area (Å²) in [4.78, 5) is 7.34. The van der Waals surface area contributed by atoms with Crippen LogP contribution >= 0.6 is 0 Å². The van der Waals surface area contributed by atoms with E-state index in [1.165, 1.54) is 45.2 Å². The molecule has 2 aliphatic carbocycles. The minimum atomic E-state index is 0.600. The third kappa shape index (κ3) is 3.37. The van der Waals surface area contributed by atoms with Crippen LogP contribution in [0.3, 0.4) is 0 Å². The zero-order chi connectivity index (χ0) is 12.4. The molecule has 1 heterocycles. The molecular weight excluding hydrogens is 224 g/mol. The third-order valence-corrected chi connectivity index (χ3v) is 4.17. The van der Waals surface area contributed by atoms with Crippen LogP contribution in [0.15, 0.2) is 4.99 Å². The molecule has 4 heteroatoms. The van der Waals surface area contributed by atoms with E-state index in [0.29, 0.717) is 6.04 Å². The lowest BCUT2D eigenvalue weighted by Crippen LogP contribution is -2.44. The predicted octanol–water partition coefficient (Wildman–Crippen LogP) is 1.19. The maximum atomic E-state index is 4.70. The lowest BCUT2D eigenvalue weighted by molar-refractivity contribution is 0.321. The monoisotopic (exact) mass is 250 g/mol. The van der Waals surface area contributed by atoms with Crippen molar-refractivity contribution in [2.45, 2.75) is 51.1 Å². The molecule has 1 saturated heterocycles. The van der Waals surface area contributed by atoms with Crippen molar-refractivity contribution in [2.24, 2.45) is 10.9 Å². The number of nitrogens with one attached hydrogen (secondary N) is 2. The summed E-state index contributed by atoms with van der Waals surface area (Å²) in [5.41, 5.74) is 0. The minimum absolute atomic E-state index is 0.600. The Bertz CT molecular complexity index is 307. The highest BCUT2D eigenvalue weighted by Crippen LogP contribution is 2.30. The highest BCUT2D eigenvalue weighted by atomic mass is 15.3. The first kappa shape index (κ1) is 12.3. The van der Waals surface area contributed by atoms with E-state index in [-0.39, 0.29) is 0 Å². The SMILES string of the molecule is CCNC(=NCC1CC1)NC1CCN(C2CC2)C1. The summed E-state index contributed by atoms with van der Waals surface area (Å²) in [6.45, 7) is 6.58. The lowest BCUT2D eigenvalue weighted by Gasteiger charge is -2.18. The Hall–Kier alpha value is -0.770. The van der Waals surface area contributed by atoms with Gasteiger partial charge in [-0.25, -0.2) is 0 Å². The molecule has 3 rings (SSSR count). The Morgan fingerprint density at radius 1 is 1.22 bits per heavy atom. The van der Waals surface area contributed by atoms with Gasteiger partial charge in [0.1, 0.15) is 0 Å². The van der Waals surface area contributed by atoms with E-state index >= 15 is 0 Å². The van der Waals surface area contributed by atoms with Gasteiger partial charge in [0.15, 0.2) is 5.96 Å². The fourth-order valence-corrected chi connectivity index (χ4v) is 2.71. The summed E-state index contributed by atoms with van der Waals surface area (Å²) in [5.74, 6) is 1.90. The average molecular weight is 250 g/mol. The van der Waals surface area contributed by atoms with Crippen LogP contribution in [0.4, 0.5) is 0 Å². The Morgan fingerprint density at radius 3 is 2.72 bits per heavy atom. The van der Waals surface area contributed by atoms with Crippen LogP contribution in [0.2, 0.25) is 0 Å². The quantitative estimate of drug-likeness (QED) is 0.569. The van der Waals surface area contributed by atoms with Crippen LogP contribution in [0.1, 0.15) is 39.0 Å². The molecule has 2 saturated carbocycles. The fourth-order valence-electron chi connectivity index (χ4n) is 2.71. The van der Waals surface area contributed by atoms with Gasteiger partial charge in [0.05, 0.1) is 0 Å².